The zero-order chi connectivity index (χ0) is 12.6. The van der Waals surface area contributed by atoms with Crippen LogP contribution in [0.3, 0.4) is 0 Å². The lowest BCUT2D eigenvalue weighted by Crippen LogP contribution is -2.31. The Morgan fingerprint density at radius 1 is 1.38 bits per heavy atom. The minimum absolute atomic E-state index is 0.121. The monoisotopic (exact) mass is 249 g/mol. The van der Waals surface area contributed by atoms with Gasteiger partial charge in [-0.2, -0.15) is 0 Å². The van der Waals surface area contributed by atoms with Gasteiger partial charge in [-0.25, -0.2) is 0 Å². The van der Waals surface area contributed by atoms with Crippen molar-refractivity contribution in [2.45, 2.75) is 44.9 Å². The largest absolute Gasteiger partial charge is 0.465 e. The molecule has 94 valence electrons. The van der Waals surface area contributed by atoms with Crippen molar-refractivity contribution >= 4 is 17.7 Å². The molecule has 0 aromatic carbocycles. The first-order chi connectivity index (χ1) is 7.56. The van der Waals surface area contributed by atoms with Crippen molar-refractivity contribution in [1.82, 2.24) is 0 Å². The number of carbonyl (C=O) groups excluding carboxylic acids is 1. The lowest BCUT2D eigenvalue weighted by molar-refractivity contribution is -0.522. The van der Waals surface area contributed by atoms with Gasteiger partial charge < -0.3 is 4.74 Å². The number of thioether (sulfide) groups is 1. The van der Waals surface area contributed by atoms with E-state index in [9.17, 15) is 14.9 Å². The first-order valence-corrected chi connectivity index (χ1v) is 6.52. The number of hydrogen-bond donors (Lipinski definition) is 0. The van der Waals surface area contributed by atoms with E-state index in [0.717, 1.165) is 0 Å². The third-order valence-electron chi connectivity index (χ3n) is 2.24. The molecule has 6 heteroatoms. The van der Waals surface area contributed by atoms with E-state index in [1.807, 2.05) is 6.92 Å². The van der Waals surface area contributed by atoms with Crippen molar-refractivity contribution in [3.8, 4) is 0 Å². The number of rotatable bonds is 8. The molecule has 5 nitrogen and oxygen atoms in total. The molecule has 2 atom stereocenters. The Morgan fingerprint density at radius 3 is 2.38 bits per heavy atom. The molecule has 0 spiro atoms. The van der Waals surface area contributed by atoms with Gasteiger partial charge >= 0.3 is 5.97 Å². The minimum atomic E-state index is -0.579. The van der Waals surface area contributed by atoms with Gasteiger partial charge in [0.25, 0.3) is 0 Å². The van der Waals surface area contributed by atoms with Crippen LogP contribution in [0.4, 0.5) is 0 Å². The average molecular weight is 249 g/mol. The molecule has 0 fully saturated rings. The fourth-order valence-electron chi connectivity index (χ4n) is 1.43. The number of carbonyl (C=O) groups is 1. The standard InChI is InChI=1S/C10H19NO4S/c1-4-8(11(13)14)9(5-2)16-7-10(12)15-6-3/h8-9H,4-7H2,1-3H3. The van der Waals surface area contributed by atoms with E-state index >= 15 is 0 Å². The van der Waals surface area contributed by atoms with E-state index in [-0.39, 0.29) is 21.9 Å². The van der Waals surface area contributed by atoms with E-state index in [4.69, 9.17) is 4.74 Å². The molecule has 0 aliphatic rings. The zero-order valence-electron chi connectivity index (χ0n) is 9.97. The molecule has 0 N–H and O–H groups in total. The van der Waals surface area contributed by atoms with Crippen LogP contribution >= 0.6 is 11.8 Å². The summed E-state index contributed by atoms with van der Waals surface area (Å²) in [5.41, 5.74) is 0. The number of nitrogens with zero attached hydrogens (tertiary/aromatic N) is 1. The Balaban J connectivity index is 4.18. The SMILES string of the molecule is CCOC(=O)CSC(CC)C(CC)[N+](=O)[O-]. The van der Waals surface area contributed by atoms with Gasteiger partial charge in [0.05, 0.1) is 17.6 Å². The Kier molecular flexibility index (Phi) is 7.97. The number of ether oxygens (including phenoxy) is 1. The van der Waals surface area contributed by atoms with Gasteiger partial charge in [0.1, 0.15) is 0 Å². The molecule has 0 saturated carbocycles. The summed E-state index contributed by atoms with van der Waals surface area (Å²) in [6, 6.07) is -0.579. The number of hydrogen-bond acceptors (Lipinski definition) is 5. The molecule has 0 bridgehead atoms. The van der Waals surface area contributed by atoms with Crippen LogP contribution in [0.5, 0.6) is 0 Å². The van der Waals surface area contributed by atoms with Gasteiger partial charge in [-0.15, -0.1) is 11.8 Å². The molecule has 16 heavy (non-hydrogen) atoms. The van der Waals surface area contributed by atoms with E-state index in [1.165, 1.54) is 11.8 Å². The van der Waals surface area contributed by atoms with Crippen LogP contribution in [-0.4, -0.2) is 34.5 Å². The lowest BCUT2D eigenvalue weighted by Gasteiger charge is -2.17. The van der Waals surface area contributed by atoms with Crippen LogP contribution < -0.4 is 0 Å². The molecule has 0 amide bonds. The van der Waals surface area contributed by atoms with E-state index in [2.05, 4.69) is 0 Å². The van der Waals surface area contributed by atoms with Crippen molar-refractivity contribution in [2.75, 3.05) is 12.4 Å². The molecular formula is C10H19NO4S. The third-order valence-corrected chi connectivity index (χ3v) is 3.72. The second-order valence-electron chi connectivity index (χ2n) is 3.32. The van der Waals surface area contributed by atoms with Crippen LogP contribution in [0.1, 0.15) is 33.6 Å². The van der Waals surface area contributed by atoms with Gasteiger partial charge in [-0.05, 0) is 13.3 Å². The summed E-state index contributed by atoms with van der Waals surface area (Å²) in [7, 11) is 0. The van der Waals surface area contributed by atoms with Crippen molar-refractivity contribution in [3.05, 3.63) is 10.1 Å². The zero-order valence-corrected chi connectivity index (χ0v) is 10.8. The summed E-state index contributed by atoms with van der Waals surface area (Å²) < 4.78 is 4.78. The summed E-state index contributed by atoms with van der Waals surface area (Å²) in [6.07, 6.45) is 1.17. The third kappa shape index (κ3) is 5.34. The van der Waals surface area contributed by atoms with E-state index in [0.29, 0.717) is 19.4 Å². The smallest absolute Gasteiger partial charge is 0.315 e. The molecule has 0 aromatic rings. The molecule has 0 aromatic heterocycles. The highest BCUT2D eigenvalue weighted by molar-refractivity contribution is 8.00. The molecule has 0 radical (unpaired) electrons. The van der Waals surface area contributed by atoms with Crippen LogP contribution in [0.15, 0.2) is 0 Å². The highest BCUT2D eigenvalue weighted by Crippen LogP contribution is 2.22. The maximum atomic E-state index is 11.1. The molecule has 0 rings (SSSR count). The summed E-state index contributed by atoms with van der Waals surface area (Å²) in [4.78, 5) is 21.7. The number of esters is 1. The topological polar surface area (TPSA) is 69.4 Å². The van der Waals surface area contributed by atoms with Crippen molar-refractivity contribution in [3.63, 3.8) is 0 Å². The first kappa shape index (κ1) is 15.2. The van der Waals surface area contributed by atoms with Crippen LogP contribution in [0.25, 0.3) is 0 Å². The fourth-order valence-corrected chi connectivity index (χ4v) is 2.61. The Hall–Kier alpha value is -0.780. The highest BCUT2D eigenvalue weighted by atomic mass is 32.2. The molecule has 0 saturated heterocycles. The quantitative estimate of drug-likeness (QED) is 0.374. The Labute approximate surface area is 100 Å². The summed E-state index contributed by atoms with van der Waals surface area (Å²) in [6.45, 7) is 5.78. The van der Waals surface area contributed by atoms with Crippen molar-refractivity contribution < 1.29 is 14.5 Å². The summed E-state index contributed by atoms with van der Waals surface area (Å²) in [5.74, 6) is -0.111. The lowest BCUT2D eigenvalue weighted by atomic mass is 10.1. The van der Waals surface area contributed by atoms with Crippen LogP contribution in [-0.2, 0) is 9.53 Å². The molecule has 0 heterocycles. The molecule has 2 unspecified atom stereocenters. The predicted octanol–water partition coefficient (Wildman–Crippen LogP) is 2.12. The van der Waals surface area contributed by atoms with Crippen LogP contribution in [0.2, 0.25) is 0 Å². The summed E-state index contributed by atoms with van der Waals surface area (Å²) >= 11 is 1.31. The second kappa shape index (κ2) is 8.38. The Morgan fingerprint density at radius 2 is 2.00 bits per heavy atom. The second-order valence-corrected chi connectivity index (χ2v) is 4.55. The highest BCUT2D eigenvalue weighted by Gasteiger charge is 2.29. The first-order valence-electron chi connectivity index (χ1n) is 5.47. The normalized spacial score (nSPS) is 14.2. The molecule has 0 aliphatic heterocycles. The van der Waals surface area contributed by atoms with E-state index < -0.39 is 6.04 Å². The van der Waals surface area contributed by atoms with Gasteiger partial charge in [0.2, 0.25) is 6.04 Å². The maximum Gasteiger partial charge on any atom is 0.315 e. The molecule has 0 aliphatic carbocycles. The molecular weight excluding hydrogens is 230 g/mol. The maximum absolute atomic E-state index is 11.1. The number of nitro groups is 1. The predicted molar refractivity (Wildman–Crippen MR) is 64.2 cm³/mol. The van der Waals surface area contributed by atoms with Crippen molar-refractivity contribution in [2.24, 2.45) is 0 Å². The average Bonchev–Trinajstić information content (AvgIpc) is 2.23. The van der Waals surface area contributed by atoms with Gasteiger partial charge in [0.15, 0.2) is 0 Å². The Bertz CT molecular complexity index is 235. The van der Waals surface area contributed by atoms with Crippen LogP contribution in [0, 0.1) is 10.1 Å². The minimum Gasteiger partial charge on any atom is -0.465 e. The van der Waals surface area contributed by atoms with E-state index in [1.54, 1.807) is 13.8 Å². The van der Waals surface area contributed by atoms with Gasteiger partial charge in [-0.3, -0.25) is 14.9 Å². The van der Waals surface area contributed by atoms with Gasteiger partial charge in [-0.1, -0.05) is 13.8 Å². The summed E-state index contributed by atoms with van der Waals surface area (Å²) in [5, 5.41) is 10.7. The van der Waals surface area contributed by atoms with Crippen molar-refractivity contribution in [1.29, 1.82) is 0 Å². The van der Waals surface area contributed by atoms with Gasteiger partial charge in [0, 0.05) is 11.3 Å². The fraction of sp³-hybridized carbons (Fsp3) is 0.900.